The molecule has 0 aliphatic carbocycles. The van der Waals surface area contributed by atoms with Gasteiger partial charge in [0.1, 0.15) is 16.5 Å². The van der Waals surface area contributed by atoms with Gasteiger partial charge in [0.25, 0.3) is 5.56 Å². The van der Waals surface area contributed by atoms with Gasteiger partial charge in [-0.2, -0.15) is 0 Å². The molecule has 0 unspecified atom stereocenters. The number of carbonyl (C=O) groups is 1. The molecule has 0 N–H and O–H groups in total. The van der Waals surface area contributed by atoms with E-state index in [9.17, 15) is 14.0 Å². The average Bonchev–Trinajstić information content (AvgIpc) is 3.31. The third kappa shape index (κ3) is 4.24. The number of anilines is 1. The fourth-order valence-electron chi connectivity index (χ4n) is 4.08. The molecule has 0 bridgehead atoms. The SMILES string of the molecule is CC(=O)c1cc(N2CCOCC2)cn2c(=O)c(C)c(-c3ncc(Cc4ccc(F)cc4)s3)nc12. The number of benzene rings is 1. The molecule has 4 aromatic rings. The Balaban J connectivity index is 1.57. The molecule has 1 aliphatic rings. The first-order valence-electron chi connectivity index (χ1n) is 11.0. The lowest BCUT2D eigenvalue weighted by atomic mass is 10.1. The molecule has 5 rings (SSSR count). The van der Waals surface area contributed by atoms with Gasteiger partial charge in [0.15, 0.2) is 11.4 Å². The lowest BCUT2D eigenvalue weighted by molar-refractivity contribution is 0.101. The number of rotatable bonds is 5. The molecule has 7 nitrogen and oxygen atoms in total. The summed E-state index contributed by atoms with van der Waals surface area (Å²) in [6, 6.07) is 8.15. The molecule has 4 heterocycles. The van der Waals surface area contributed by atoms with Crippen LogP contribution < -0.4 is 10.5 Å². The van der Waals surface area contributed by atoms with E-state index in [0.29, 0.717) is 60.2 Å². The van der Waals surface area contributed by atoms with Gasteiger partial charge in [-0.1, -0.05) is 12.1 Å². The normalized spacial score (nSPS) is 14.0. The number of hydrogen-bond acceptors (Lipinski definition) is 7. The monoisotopic (exact) mass is 478 g/mol. The van der Waals surface area contributed by atoms with E-state index >= 15 is 0 Å². The van der Waals surface area contributed by atoms with Crippen LogP contribution in [0.5, 0.6) is 0 Å². The second kappa shape index (κ2) is 9.08. The first-order chi connectivity index (χ1) is 16.4. The summed E-state index contributed by atoms with van der Waals surface area (Å²) in [6.07, 6.45) is 4.10. The molecule has 0 radical (unpaired) electrons. The minimum Gasteiger partial charge on any atom is -0.378 e. The average molecular weight is 479 g/mol. The van der Waals surface area contributed by atoms with Crippen molar-refractivity contribution in [1.29, 1.82) is 0 Å². The number of pyridine rings is 1. The highest BCUT2D eigenvalue weighted by molar-refractivity contribution is 7.15. The summed E-state index contributed by atoms with van der Waals surface area (Å²) < 4.78 is 20.1. The Morgan fingerprint density at radius 1 is 1.21 bits per heavy atom. The van der Waals surface area contributed by atoms with Gasteiger partial charge < -0.3 is 9.64 Å². The van der Waals surface area contributed by atoms with Crippen molar-refractivity contribution in [3.05, 3.63) is 80.5 Å². The number of halogens is 1. The summed E-state index contributed by atoms with van der Waals surface area (Å²) in [5.74, 6) is -0.436. The van der Waals surface area contributed by atoms with Crippen molar-refractivity contribution >= 4 is 28.5 Å². The molecule has 9 heteroatoms. The predicted octanol–water partition coefficient (Wildman–Crippen LogP) is 3.90. The van der Waals surface area contributed by atoms with Crippen LogP contribution in [0.15, 0.2) is 47.5 Å². The summed E-state index contributed by atoms with van der Waals surface area (Å²) in [6.45, 7) is 5.79. The molecule has 1 fully saturated rings. The van der Waals surface area contributed by atoms with Gasteiger partial charge in [-0.15, -0.1) is 11.3 Å². The molecular weight excluding hydrogens is 455 g/mol. The Hall–Kier alpha value is -3.43. The second-order valence-corrected chi connectivity index (χ2v) is 9.40. The molecule has 0 amide bonds. The number of thiazole rings is 1. The maximum atomic E-state index is 13.4. The number of aromatic nitrogens is 3. The standard InChI is InChI=1S/C25H23FN4O3S/c1-15-22(24-27-13-20(34-24)11-17-3-5-18(26)6-4-17)28-23-21(16(2)31)12-19(14-30(23)25(15)32)29-7-9-33-10-8-29/h3-6,12-14H,7-11H2,1-2H3. The van der Waals surface area contributed by atoms with Crippen LogP contribution in [0.2, 0.25) is 0 Å². The maximum absolute atomic E-state index is 13.4. The minimum atomic E-state index is -0.275. The van der Waals surface area contributed by atoms with E-state index in [1.54, 1.807) is 37.5 Å². The molecule has 34 heavy (non-hydrogen) atoms. The van der Waals surface area contributed by atoms with Crippen LogP contribution in [0.3, 0.4) is 0 Å². The van der Waals surface area contributed by atoms with Gasteiger partial charge in [-0.25, -0.2) is 14.4 Å². The van der Waals surface area contributed by atoms with Crippen LogP contribution >= 0.6 is 11.3 Å². The second-order valence-electron chi connectivity index (χ2n) is 8.29. The number of Topliss-reactive ketones (excluding diaryl/α,β-unsaturated/α-hetero) is 1. The smallest absolute Gasteiger partial charge is 0.261 e. The van der Waals surface area contributed by atoms with E-state index in [2.05, 4.69) is 9.88 Å². The third-order valence-electron chi connectivity index (χ3n) is 5.94. The van der Waals surface area contributed by atoms with E-state index < -0.39 is 0 Å². The van der Waals surface area contributed by atoms with Crippen LogP contribution in [0.1, 0.15) is 33.3 Å². The van der Waals surface area contributed by atoms with Crippen molar-refractivity contribution in [1.82, 2.24) is 14.4 Å². The van der Waals surface area contributed by atoms with Crippen LogP contribution in [0.25, 0.3) is 16.3 Å². The molecule has 1 aromatic carbocycles. The van der Waals surface area contributed by atoms with Crippen molar-refractivity contribution in [2.75, 3.05) is 31.2 Å². The maximum Gasteiger partial charge on any atom is 0.261 e. The van der Waals surface area contributed by atoms with E-state index in [1.165, 1.54) is 34.8 Å². The van der Waals surface area contributed by atoms with Crippen molar-refractivity contribution < 1.29 is 13.9 Å². The lowest BCUT2D eigenvalue weighted by Crippen LogP contribution is -2.36. The highest BCUT2D eigenvalue weighted by Gasteiger charge is 2.21. The Labute approximate surface area is 199 Å². The number of hydrogen-bond donors (Lipinski definition) is 0. The topological polar surface area (TPSA) is 76.8 Å². The van der Waals surface area contributed by atoms with Gasteiger partial charge in [-0.05, 0) is 37.6 Å². The van der Waals surface area contributed by atoms with Gasteiger partial charge in [0.2, 0.25) is 0 Å². The fourth-order valence-corrected chi connectivity index (χ4v) is 5.07. The zero-order valence-corrected chi connectivity index (χ0v) is 19.7. The van der Waals surface area contributed by atoms with E-state index in [4.69, 9.17) is 9.72 Å². The Morgan fingerprint density at radius 3 is 2.65 bits per heavy atom. The van der Waals surface area contributed by atoms with Crippen LogP contribution in [-0.4, -0.2) is 46.5 Å². The first-order valence-corrected chi connectivity index (χ1v) is 11.8. The highest BCUT2D eigenvalue weighted by atomic mass is 32.1. The number of nitrogens with zero attached hydrogens (tertiary/aromatic N) is 4. The van der Waals surface area contributed by atoms with Gasteiger partial charge >= 0.3 is 0 Å². The number of ketones is 1. The lowest BCUT2D eigenvalue weighted by Gasteiger charge is -2.29. The summed E-state index contributed by atoms with van der Waals surface area (Å²) in [4.78, 5) is 38.2. The Kier molecular flexibility index (Phi) is 5.97. The largest absolute Gasteiger partial charge is 0.378 e. The number of fused-ring (bicyclic) bond motifs is 1. The number of morpholine rings is 1. The molecule has 1 aliphatic heterocycles. The van der Waals surface area contributed by atoms with Crippen LogP contribution in [0, 0.1) is 12.7 Å². The minimum absolute atomic E-state index is 0.162. The van der Waals surface area contributed by atoms with Crippen molar-refractivity contribution in [3.8, 4) is 10.7 Å². The van der Waals surface area contributed by atoms with Crippen LogP contribution in [-0.2, 0) is 11.2 Å². The van der Waals surface area contributed by atoms with Gasteiger partial charge in [0, 0.05) is 42.3 Å². The molecule has 0 atom stereocenters. The summed E-state index contributed by atoms with van der Waals surface area (Å²) in [7, 11) is 0. The van der Waals surface area contributed by atoms with E-state index in [1.807, 2.05) is 0 Å². The van der Waals surface area contributed by atoms with E-state index in [0.717, 1.165) is 16.1 Å². The molecule has 3 aromatic heterocycles. The summed E-state index contributed by atoms with van der Waals surface area (Å²) >= 11 is 1.43. The molecule has 1 saturated heterocycles. The Bertz CT molecular complexity index is 1440. The zero-order valence-electron chi connectivity index (χ0n) is 18.9. The third-order valence-corrected chi connectivity index (χ3v) is 6.94. The number of carbonyl (C=O) groups excluding carboxylic acids is 1. The first kappa shape index (κ1) is 22.4. The van der Waals surface area contributed by atoms with Crippen molar-refractivity contribution in [3.63, 3.8) is 0 Å². The quantitative estimate of drug-likeness (QED) is 0.405. The van der Waals surface area contributed by atoms with Crippen molar-refractivity contribution in [2.24, 2.45) is 0 Å². The molecule has 174 valence electrons. The van der Waals surface area contributed by atoms with Crippen LogP contribution in [0.4, 0.5) is 10.1 Å². The van der Waals surface area contributed by atoms with Crippen molar-refractivity contribution in [2.45, 2.75) is 20.3 Å². The van der Waals surface area contributed by atoms with E-state index in [-0.39, 0.29) is 17.2 Å². The highest BCUT2D eigenvalue weighted by Crippen LogP contribution is 2.29. The predicted molar refractivity (Wildman–Crippen MR) is 130 cm³/mol. The Morgan fingerprint density at radius 2 is 1.94 bits per heavy atom. The summed E-state index contributed by atoms with van der Waals surface area (Å²) in [5, 5.41) is 0.612. The fraction of sp³-hybridized carbons (Fsp3) is 0.280. The molecular formula is C25H23FN4O3S. The number of ether oxygens (including phenoxy) is 1. The summed E-state index contributed by atoms with van der Waals surface area (Å²) in [5.41, 5.74) is 3.20. The molecule has 0 spiro atoms. The van der Waals surface area contributed by atoms with Gasteiger partial charge in [0.05, 0.1) is 24.5 Å². The molecule has 0 saturated carbocycles. The zero-order chi connectivity index (χ0) is 23.8. The van der Waals surface area contributed by atoms with Gasteiger partial charge in [-0.3, -0.25) is 14.0 Å².